The Hall–Kier alpha value is -3.39. The standard InChI is InChI=1S/C22H23N3O5/c1-30-17-9-7-16(8-10-17)25-21(28)18-13-15(11-12-24(18)22(25)29)23-20(27)19(26)14-5-3-2-4-6-14/h2-10,15,18-19,26H,11-13H2,1H3,(H,23,27). The molecule has 0 spiro atoms. The minimum Gasteiger partial charge on any atom is -0.497 e. The van der Waals surface area contributed by atoms with Crippen molar-refractivity contribution in [3.63, 3.8) is 0 Å². The van der Waals surface area contributed by atoms with E-state index in [2.05, 4.69) is 5.32 Å². The highest BCUT2D eigenvalue weighted by atomic mass is 16.5. The van der Waals surface area contributed by atoms with Gasteiger partial charge in [0.25, 0.3) is 11.8 Å². The Bertz CT molecular complexity index is 947. The molecule has 8 nitrogen and oxygen atoms in total. The molecule has 2 fully saturated rings. The van der Waals surface area contributed by atoms with Crippen molar-refractivity contribution in [2.24, 2.45) is 0 Å². The average Bonchev–Trinajstić information content (AvgIpc) is 3.03. The van der Waals surface area contributed by atoms with Crippen molar-refractivity contribution in [2.45, 2.75) is 31.0 Å². The number of imide groups is 1. The number of anilines is 1. The molecule has 3 unspecified atom stereocenters. The molecule has 0 aromatic heterocycles. The number of carbonyl (C=O) groups excluding carboxylic acids is 3. The summed E-state index contributed by atoms with van der Waals surface area (Å²) in [7, 11) is 1.55. The molecule has 2 heterocycles. The molecule has 0 bridgehead atoms. The van der Waals surface area contributed by atoms with Crippen LogP contribution in [0.3, 0.4) is 0 Å². The normalized spacial score (nSPS) is 21.9. The highest BCUT2D eigenvalue weighted by molar-refractivity contribution is 6.21. The summed E-state index contributed by atoms with van der Waals surface area (Å²) in [5, 5.41) is 13.1. The molecule has 3 atom stereocenters. The lowest BCUT2D eigenvalue weighted by atomic mass is 9.97. The van der Waals surface area contributed by atoms with Gasteiger partial charge >= 0.3 is 6.03 Å². The minimum atomic E-state index is -1.28. The largest absolute Gasteiger partial charge is 0.497 e. The first-order valence-electron chi connectivity index (χ1n) is 9.81. The smallest absolute Gasteiger partial charge is 0.332 e. The Kier molecular flexibility index (Phi) is 5.41. The topological polar surface area (TPSA) is 99.2 Å². The molecule has 2 N–H and O–H groups in total. The van der Waals surface area contributed by atoms with E-state index in [0.717, 1.165) is 0 Å². The van der Waals surface area contributed by atoms with E-state index in [4.69, 9.17) is 4.74 Å². The van der Waals surface area contributed by atoms with Crippen LogP contribution in [0.5, 0.6) is 5.75 Å². The molecule has 4 rings (SSSR count). The molecule has 2 aromatic rings. The summed E-state index contributed by atoms with van der Waals surface area (Å²) in [6.45, 7) is 0.355. The number of hydrogen-bond donors (Lipinski definition) is 2. The number of nitrogens with one attached hydrogen (secondary N) is 1. The van der Waals surface area contributed by atoms with E-state index in [9.17, 15) is 19.5 Å². The lowest BCUT2D eigenvalue weighted by Gasteiger charge is -2.33. The van der Waals surface area contributed by atoms with Crippen molar-refractivity contribution in [1.29, 1.82) is 0 Å². The molecular formula is C22H23N3O5. The van der Waals surface area contributed by atoms with E-state index >= 15 is 0 Å². The molecule has 4 amide bonds. The Morgan fingerprint density at radius 2 is 1.83 bits per heavy atom. The number of amides is 4. The van der Waals surface area contributed by atoms with Crippen LogP contribution in [0.1, 0.15) is 24.5 Å². The van der Waals surface area contributed by atoms with Gasteiger partial charge in [0, 0.05) is 12.6 Å². The number of urea groups is 1. The predicted octanol–water partition coefficient (Wildman–Crippen LogP) is 1.84. The molecule has 2 aromatic carbocycles. The molecule has 2 aliphatic rings. The molecular weight excluding hydrogens is 386 g/mol. The number of piperidine rings is 1. The third-order valence-corrected chi connectivity index (χ3v) is 5.59. The number of hydrogen-bond acceptors (Lipinski definition) is 5. The first-order valence-corrected chi connectivity index (χ1v) is 9.81. The molecule has 0 aliphatic carbocycles. The fraction of sp³-hybridized carbons (Fsp3) is 0.318. The van der Waals surface area contributed by atoms with Crippen molar-refractivity contribution in [3.05, 3.63) is 60.2 Å². The minimum absolute atomic E-state index is 0.301. The summed E-state index contributed by atoms with van der Waals surface area (Å²) in [5.74, 6) is -0.188. The van der Waals surface area contributed by atoms with Gasteiger partial charge in [-0.05, 0) is 42.7 Å². The van der Waals surface area contributed by atoms with Gasteiger partial charge in [-0.2, -0.15) is 0 Å². The van der Waals surface area contributed by atoms with Crippen LogP contribution in [-0.4, -0.2) is 53.6 Å². The number of fused-ring (bicyclic) bond motifs is 1. The number of nitrogens with zero attached hydrogens (tertiary/aromatic N) is 2. The quantitative estimate of drug-likeness (QED) is 0.735. The van der Waals surface area contributed by atoms with Crippen molar-refractivity contribution >= 4 is 23.5 Å². The summed E-state index contributed by atoms with van der Waals surface area (Å²) in [6, 6.07) is 14.1. The molecule has 156 valence electrons. The average molecular weight is 409 g/mol. The van der Waals surface area contributed by atoms with Crippen LogP contribution < -0.4 is 15.0 Å². The lowest BCUT2D eigenvalue weighted by Crippen LogP contribution is -2.50. The zero-order valence-corrected chi connectivity index (χ0v) is 16.5. The first-order chi connectivity index (χ1) is 14.5. The fourth-order valence-corrected chi connectivity index (χ4v) is 3.97. The molecule has 30 heavy (non-hydrogen) atoms. The van der Waals surface area contributed by atoms with Crippen LogP contribution in [0.4, 0.5) is 10.5 Å². The zero-order valence-electron chi connectivity index (χ0n) is 16.5. The second kappa shape index (κ2) is 8.16. The summed E-state index contributed by atoms with van der Waals surface area (Å²) in [6.07, 6.45) is -0.454. The van der Waals surface area contributed by atoms with Gasteiger partial charge in [-0.1, -0.05) is 30.3 Å². The molecule has 2 aliphatic heterocycles. The summed E-state index contributed by atoms with van der Waals surface area (Å²) in [5.41, 5.74) is 0.991. The molecule has 8 heteroatoms. The maximum absolute atomic E-state index is 13.0. The van der Waals surface area contributed by atoms with Crippen LogP contribution in [0.25, 0.3) is 0 Å². The maximum Gasteiger partial charge on any atom is 0.332 e. The van der Waals surface area contributed by atoms with E-state index < -0.39 is 18.1 Å². The van der Waals surface area contributed by atoms with Gasteiger partial charge < -0.3 is 20.1 Å². The Morgan fingerprint density at radius 1 is 1.13 bits per heavy atom. The molecule has 0 radical (unpaired) electrons. The number of methoxy groups -OCH3 is 1. The van der Waals surface area contributed by atoms with Gasteiger partial charge in [-0.25, -0.2) is 9.69 Å². The van der Waals surface area contributed by atoms with Crippen molar-refractivity contribution in [3.8, 4) is 5.75 Å². The number of benzene rings is 2. The number of aliphatic hydroxyl groups excluding tert-OH is 1. The monoisotopic (exact) mass is 409 g/mol. The van der Waals surface area contributed by atoms with Crippen molar-refractivity contribution in [2.75, 3.05) is 18.6 Å². The molecule has 0 saturated carbocycles. The summed E-state index contributed by atoms with van der Waals surface area (Å²) >= 11 is 0. The van der Waals surface area contributed by atoms with Gasteiger partial charge in [-0.3, -0.25) is 9.59 Å². The van der Waals surface area contributed by atoms with E-state index in [1.807, 2.05) is 0 Å². The van der Waals surface area contributed by atoms with Gasteiger partial charge in [0.1, 0.15) is 11.8 Å². The third kappa shape index (κ3) is 3.61. The van der Waals surface area contributed by atoms with Crippen LogP contribution in [0.2, 0.25) is 0 Å². The van der Waals surface area contributed by atoms with Crippen molar-refractivity contribution < 1.29 is 24.2 Å². The van der Waals surface area contributed by atoms with Gasteiger partial charge in [0.05, 0.1) is 12.8 Å². The van der Waals surface area contributed by atoms with E-state index in [1.165, 1.54) is 4.90 Å². The third-order valence-electron chi connectivity index (χ3n) is 5.59. The Morgan fingerprint density at radius 3 is 2.50 bits per heavy atom. The van der Waals surface area contributed by atoms with Crippen LogP contribution in [0, 0.1) is 0 Å². The second-order valence-corrected chi connectivity index (χ2v) is 7.41. The maximum atomic E-state index is 13.0. The first kappa shape index (κ1) is 19.9. The van der Waals surface area contributed by atoms with Gasteiger partial charge in [-0.15, -0.1) is 0 Å². The SMILES string of the molecule is COc1ccc(N2C(=O)C3CC(NC(=O)C(O)c4ccccc4)CCN3C2=O)cc1. The number of carbonyl (C=O) groups is 3. The van der Waals surface area contributed by atoms with E-state index in [1.54, 1.807) is 66.6 Å². The Balaban J connectivity index is 1.44. The van der Waals surface area contributed by atoms with Crippen molar-refractivity contribution in [1.82, 2.24) is 10.2 Å². The fourth-order valence-electron chi connectivity index (χ4n) is 3.97. The van der Waals surface area contributed by atoms with Crippen LogP contribution >= 0.6 is 0 Å². The van der Waals surface area contributed by atoms with Crippen LogP contribution in [-0.2, 0) is 9.59 Å². The predicted molar refractivity (Wildman–Crippen MR) is 109 cm³/mol. The van der Waals surface area contributed by atoms with Gasteiger partial charge in [0.15, 0.2) is 6.10 Å². The second-order valence-electron chi connectivity index (χ2n) is 7.41. The Labute approximate surface area is 174 Å². The lowest BCUT2D eigenvalue weighted by molar-refractivity contribution is -0.131. The van der Waals surface area contributed by atoms with E-state index in [0.29, 0.717) is 36.4 Å². The zero-order chi connectivity index (χ0) is 21.3. The van der Waals surface area contributed by atoms with E-state index in [-0.39, 0.29) is 18.0 Å². The number of rotatable bonds is 5. The summed E-state index contributed by atoms with van der Waals surface area (Å²) < 4.78 is 5.12. The summed E-state index contributed by atoms with van der Waals surface area (Å²) in [4.78, 5) is 40.9. The highest BCUT2D eigenvalue weighted by Gasteiger charge is 2.48. The van der Waals surface area contributed by atoms with Gasteiger partial charge in [0.2, 0.25) is 0 Å². The molecule has 2 saturated heterocycles. The number of ether oxygens (including phenoxy) is 1. The number of aliphatic hydroxyl groups is 1. The van der Waals surface area contributed by atoms with Crippen LogP contribution in [0.15, 0.2) is 54.6 Å². The highest BCUT2D eigenvalue weighted by Crippen LogP contribution is 2.31.